The Morgan fingerprint density at radius 1 is 0.493 bits per heavy atom. The summed E-state index contributed by atoms with van der Waals surface area (Å²) in [4.78, 5) is 50.9. The van der Waals surface area contributed by atoms with E-state index in [1.807, 2.05) is 0 Å². The predicted octanol–water partition coefficient (Wildman–Crippen LogP) is 13.7. The fourth-order valence-corrected chi connectivity index (χ4v) is 8.44. The molecule has 1 heterocycles. The molecule has 0 spiro atoms. The van der Waals surface area contributed by atoms with Crippen LogP contribution in [0.4, 0.5) is 0 Å². The van der Waals surface area contributed by atoms with Gasteiger partial charge in [0.2, 0.25) is 0 Å². The topological polar surface area (TPSA) is 175 Å². The Bertz CT molecular complexity index is 1350. The number of aliphatic hydroxyl groups is 2. The highest BCUT2D eigenvalue weighted by Crippen LogP contribution is 2.26. The van der Waals surface area contributed by atoms with Crippen LogP contribution in [0.15, 0.2) is 36.5 Å². The van der Waals surface area contributed by atoms with Crippen LogP contribution < -0.4 is 0 Å². The van der Waals surface area contributed by atoms with Crippen molar-refractivity contribution in [3.05, 3.63) is 36.5 Å². The Hall–Kier alpha value is -3.06. The Morgan fingerprint density at radius 2 is 0.913 bits per heavy atom. The smallest absolute Gasteiger partial charge is 0.335 e. The summed E-state index contributed by atoms with van der Waals surface area (Å²) in [6.07, 6.45) is 39.9. The molecule has 1 rings (SSSR count). The van der Waals surface area contributed by atoms with Crippen LogP contribution in [0.2, 0.25) is 0 Å². The highest BCUT2D eigenvalue weighted by molar-refractivity contribution is 5.74. The molecule has 1 saturated heterocycles. The lowest BCUT2D eigenvalue weighted by molar-refractivity contribution is -0.301. The molecule has 0 saturated carbocycles. The van der Waals surface area contributed by atoms with E-state index in [0.29, 0.717) is 19.3 Å². The molecule has 0 aromatic carbocycles. The van der Waals surface area contributed by atoms with E-state index in [2.05, 4.69) is 57.2 Å². The van der Waals surface area contributed by atoms with Crippen LogP contribution in [-0.2, 0) is 42.9 Å². The van der Waals surface area contributed by atoms with Crippen molar-refractivity contribution in [1.29, 1.82) is 0 Å². The number of rotatable bonds is 47. The van der Waals surface area contributed by atoms with Gasteiger partial charge in [-0.1, -0.05) is 218 Å². The molecule has 0 amide bonds. The molecule has 0 bridgehead atoms. The molecular weight excluding hydrogens is 877 g/mol. The minimum absolute atomic E-state index is 0.0649. The summed E-state index contributed by atoms with van der Waals surface area (Å²) in [5.74, 6) is -3.11. The van der Waals surface area contributed by atoms with Gasteiger partial charge in [0.05, 0.1) is 6.61 Å². The maximum Gasteiger partial charge on any atom is 0.335 e. The van der Waals surface area contributed by atoms with Crippen LogP contribution >= 0.6 is 0 Å². The summed E-state index contributed by atoms with van der Waals surface area (Å²) in [6, 6.07) is 0. The second kappa shape index (κ2) is 46.0. The number of allylic oxidation sites excluding steroid dienone is 6. The average Bonchev–Trinajstić information content (AvgIpc) is 3.33. The second-order valence-electron chi connectivity index (χ2n) is 19.2. The first kappa shape index (κ1) is 64.0. The van der Waals surface area contributed by atoms with Crippen LogP contribution in [0.25, 0.3) is 0 Å². The van der Waals surface area contributed by atoms with Gasteiger partial charge in [0.1, 0.15) is 18.8 Å². The van der Waals surface area contributed by atoms with Crippen molar-refractivity contribution in [2.24, 2.45) is 0 Å². The number of hydrogen-bond donors (Lipinski definition) is 3. The largest absolute Gasteiger partial charge is 0.479 e. The average molecular weight is 977 g/mol. The molecule has 3 N–H and O–H groups in total. The highest BCUT2D eigenvalue weighted by Gasteiger charge is 2.50. The summed E-state index contributed by atoms with van der Waals surface area (Å²) >= 11 is 0. The molecule has 0 radical (unpaired) electrons. The first-order valence-electron chi connectivity index (χ1n) is 28.0. The first-order chi connectivity index (χ1) is 33.6. The zero-order chi connectivity index (χ0) is 50.4. The lowest BCUT2D eigenvalue weighted by atomic mass is 9.98. The van der Waals surface area contributed by atoms with Gasteiger partial charge in [0.15, 0.2) is 24.6 Å². The number of unbranched alkanes of at least 4 members (excludes halogenated alkanes) is 27. The minimum atomic E-state index is -1.90. The number of carboxylic acids is 1. The number of aliphatic carboxylic acids is 1. The Kier molecular flexibility index (Phi) is 42.7. The van der Waals surface area contributed by atoms with Crippen LogP contribution in [-0.4, -0.2) is 89.2 Å². The van der Waals surface area contributed by atoms with Crippen LogP contribution in [0.3, 0.4) is 0 Å². The molecule has 0 aliphatic carbocycles. The fraction of sp³-hybridized carbons (Fsp3) is 0.825. The van der Waals surface area contributed by atoms with Gasteiger partial charge in [-0.3, -0.25) is 14.4 Å². The third-order valence-electron chi connectivity index (χ3n) is 12.7. The number of esters is 3. The van der Waals surface area contributed by atoms with Crippen molar-refractivity contribution in [3.63, 3.8) is 0 Å². The second-order valence-corrected chi connectivity index (χ2v) is 19.2. The van der Waals surface area contributed by atoms with E-state index in [1.54, 1.807) is 0 Å². The van der Waals surface area contributed by atoms with E-state index >= 15 is 0 Å². The monoisotopic (exact) mass is 977 g/mol. The highest BCUT2D eigenvalue weighted by atomic mass is 16.7. The van der Waals surface area contributed by atoms with Gasteiger partial charge in [-0.05, 0) is 51.4 Å². The van der Waals surface area contributed by atoms with E-state index in [1.165, 1.54) is 96.3 Å². The van der Waals surface area contributed by atoms with Crippen molar-refractivity contribution < 1.29 is 58.2 Å². The molecule has 1 aliphatic heterocycles. The molecular formula is C57H100O12. The Balaban J connectivity index is 2.66. The molecule has 0 aromatic heterocycles. The van der Waals surface area contributed by atoms with E-state index < -0.39 is 67.3 Å². The molecule has 69 heavy (non-hydrogen) atoms. The number of carboxylic acid groups (broad SMARTS) is 1. The van der Waals surface area contributed by atoms with Gasteiger partial charge in [0, 0.05) is 19.3 Å². The number of ether oxygens (including phenoxy) is 5. The maximum atomic E-state index is 13.0. The molecule has 400 valence electrons. The van der Waals surface area contributed by atoms with Crippen molar-refractivity contribution in [2.45, 2.75) is 289 Å². The lowest BCUT2D eigenvalue weighted by Gasteiger charge is -2.40. The maximum absolute atomic E-state index is 13.0. The normalized spacial score (nSPS) is 18.9. The molecule has 12 heteroatoms. The van der Waals surface area contributed by atoms with Crippen LogP contribution in [0, 0.1) is 0 Å². The van der Waals surface area contributed by atoms with Crippen molar-refractivity contribution in [3.8, 4) is 0 Å². The summed E-state index contributed by atoms with van der Waals surface area (Å²) in [7, 11) is 0. The van der Waals surface area contributed by atoms with E-state index in [0.717, 1.165) is 96.3 Å². The van der Waals surface area contributed by atoms with Crippen molar-refractivity contribution in [2.75, 3.05) is 13.2 Å². The molecule has 6 atom stereocenters. The van der Waals surface area contributed by atoms with Gasteiger partial charge < -0.3 is 39.0 Å². The van der Waals surface area contributed by atoms with Gasteiger partial charge in [-0.25, -0.2) is 4.79 Å². The van der Waals surface area contributed by atoms with Crippen molar-refractivity contribution in [1.82, 2.24) is 0 Å². The van der Waals surface area contributed by atoms with Gasteiger partial charge in [-0.2, -0.15) is 0 Å². The molecule has 6 unspecified atom stereocenters. The molecule has 0 aromatic rings. The van der Waals surface area contributed by atoms with Gasteiger partial charge >= 0.3 is 23.9 Å². The minimum Gasteiger partial charge on any atom is -0.479 e. The quantitative estimate of drug-likeness (QED) is 0.0228. The summed E-state index contributed by atoms with van der Waals surface area (Å²) in [5.41, 5.74) is 0. The number of hydrogen-bond acceptors (Lipinski definition) is 11. The van der Waals surface area contributed by atoms with Crippen molar-refractivity contribution >= 4 is 23.9 Å². The number of carbonyl (C=O) groups is 4. The van der Waals surface area contributed by atoms with E-state index in [-0.39, 0.29) is 25.9 Å². The molecule has 1 aliphatic rings. The summed E-state index contributed by atoms with van der Waals surface area (Å²) in [6.45, 7) is 5.85. The van der Waals surface area contributed by atoms with E-state index in [9.17, 15) is 34.5 Å². The SMILES string of the molecule is CC/C=C\C/C=C\C/C=C\CCCCCCCCCC(=O)OCC(COC1OC(C(=O)O)C(O)C(O)C1OC(=O)CCCCCCCCCCCCCCC)OC(=O)CCCCCCCCCCC. The molecule has 1 fully saturated rings. The Labute approximate surface area is 419 Å². The number of aliphatic hydroxyl groups excluding tert-OH is 2. The third kappa shape index (κ3) is 36.5. The molecule has 12 nitrogen and oxygen atoms in total. The third-order valence-corrected chi connectivity index (χ3v) is 12.7. The zero-order valence-electron chi connectivity index (χ0n) is 43.8. The van der Waals surface area contributed by atoms with Crippen LogP contribution in [0.5, 0.6) is 0 Å². The summed E-state index contributed by atoms with van der Waals surface area (Å²) < 4.78 is 28.3. The number of carbonyl (C=O) groups excluding carboxylic acids is 3. The standard InChI is InChI=1S/C57H100O12/c1-4-7-10-13-16-19-21-23-24-25-26-28-29-32-34-37-40-43-49(58)65-46-48(67-50(59)44-41-38-35-31-18-15-12-9-6-3)47-66-57-55(53(62)52(61)54(69-57)56(63)64)68-51(60)45-42-39-36-33-30-27-22-20-17-14-11-8-5-2/h7,10,16,19,23-24,48,52-55,57,61-62H,4-6,8-9,11-15,17-18,20-22,25-47H2,1-3H3,(H,63,64)/b10-7-,19-16-,24-23-. The fourth-order valence-electron chi connectivity index (χ4n) is 8.44. The Morgan fingerprint density at radius 3 is 1.39 bits per heavy atom. The van der Waals surface area contributed by atoms with Crippen LogP contribution in [0.1, 0.15) is 252 Å². The lowest BCUT2D eigenvalue weighted by Crippen LogP contribution is -2.61. The van der Waals surface area contributed by atoms with E-state index in [4.69, 9.17) is 23.7 Å². The zero-order valence-corrected chi connectivity index (χ0v) is 43.8. The predicted molar refractivity (Wildman–Crippen MR) is 276 cm³/mol. The summed E-state index contributed by atoms with van der Waals surface area (Å²) in [5, 5.41) is 31.4. The van der Waals surface area contributed by atoms with Gasteiger partial charge in [-0.15, -0.1) is 0 Å². The first-order valence-corrected chi connectivity index (χ1v) is 28.0. The van der Waals surface area contributed by atoms with Gasteiger partial charge in [0.25, 0.3) is 0 Å².